The fraction of sp³-hybridized carbons (Fsp3) is 0.556. The predicted octanol–water partition coefficient (Wildman–Crippen LogP) is 3.10. The van der Waals surface area contributed by atoms with Gasteiger partial charge in [-0.1, -0.05) is 45.0 Å². The summed E-state index contributed by atoms with van der Waals surface area (Å²) in [5.74, 6) is 0.0689. The number of carbonyl (C=O) groups is 2. The lowest BCUT2D eigenvalue weighted by molar-refractivity contribution is 0.0190. The lowest BCUT2D eigenvalue weighted by atomic mass is 9.84. The summed E-state index contributed by atoms with van der Waals surface area (Å²) in [6.07, 6.45) is -0.838. The molecular formula is C18H26N2O3. The van der Waals surface area contributed by atoms with Crippen LogP contribution < -0.4 is 0 Å². The highest BCUT2D eigenvalue weighted by Crippen LogP contribution is 2.28. The van der Waals surface area contributed by atoms with Crippen molar-refractivity contribution < 1.29 is 14.7 Å². The Morgan fingerprint density at radius 2 is 1.78 bits per heavy atom. The Labute approximate surface area is 137 Å². The molecule has 0 aliphatic carbocycles. The summed E-state index contributed by atoms with van der Waals surface area (Å²) in [4.78, 5) is 26.6. The Morgan fingerprint density at radius 1 is 1.17 bits per heavy atom. The number of nitrogens with zero attached hydrogens (tertiary/aromatic N) is 2. The van der Waals surface area contributed by atoms with Crippen LogP contribution in [-0.2, 0) is 6.54 Å². The quantitative estimate of drug-likeness (QED) is 0.870. The molecule has 1 heterocycles. The Bertz CT molecular complexity index is 575. The van der Waals surface area contributed by atoms with Crippen molar-refractivity contribution in [3.63, 3.8) is 0 Å². The molecular weight excluding hydrogens is 292 g/mol. The molecule has 1 atom stereocenters. The normalized spacial score (nSPS) is 19.7. The third-order valence-electron chi connectivity index (χ3n) is 4.48. The molecule has 1 saturated heterocycles. The molecule has 1 aromatic rings. The zero-order valence-electron chi connectivity index (χ0n) is 14.4. The van der Waals surface area contributed by atoms with Crippen molar-refractivity contribution in [2.24, 2.45) is 5.41 Å². The molecule has 0 bridgehead atoms. The smallest absolute Gasteiger partial charge is 0.407 e. The maximum absolute atomic E-state index is 11.5. The Hall–Kier alpha value is -1.88. The van der Waals surface area contributed by atoms with Gasteiger partial charge in [-0.05, 0) is 17.9 Å². The van der Waals surface area contributed by atoms with Crippen LogP contribution in [0.4, 0.5) is 4.79 Å². The third kappa shape index (κ3) is 4.32. The molecule has 0 aromatic heterocycles. The van der Waals surface area contributed by atoms with Crippen molar-refractivity contribution in [2.75, 3.05) is 19.6 Å². The van der Waals surface area contributed by atoms with Gasteiger partial charge in [0, 0.05) is 31.7 Å². The first kappa shape index (κ1) is 17.5. The number of carbonyl (C=O) groups excluding carboxylic acids is 1. The van der Waals surface area contributed by atoms with E-state index in [9.17, 15) is 14.7 Å². The van der Waals surface area contributed by atoms with E-state index in [1.165, 1.54) is 0 Å². The lowest BCUT2D eigenvalue weighted by Crippen LogP contribution is -2.59. The SMILES string of the molecule is CC(=O)c1ccc(CN2CCN(C(=O)O)C(C(C)(C)C)C2)cc1. The van der Waals surface area contributed by atoms with E-state index in [-0.39, 0.29) is 17.2 Å². The van der Waals surface area contributed by atoms with Gasteiger partial charge in [-0.25, -0.2) is 4.79 Å². The standard InChI is InChI=1S/C18H26N2O3/c1-13(21)15-7-5-14(6-8-15)11-19-9-10-20(17(22)23)16(12-19)18(2,3)4/h5-8,16H,9-12H2,1-4H3,(H,22,23). The summed E-state index contributed by atoms with van der Waals surface area (Å²) >= 11 is 0. The van der Waals surface area contributed by atoms with E-state index in [1.54, 1.807) is 11.8 Å². The second kappa shape index (κ2) is 6.71. The minimum atomic E-state index is -0.838. The first-order valence-corrected chi connectivity index (χ1v) is 8.00. The van der Waals surface area contributed by atoms with Crippen LogP contribution in [0.2, 0.25) is 0 Å². The van der Waals surface area contributed by atoms with Crippen LogP contribution in [0.15, 0.2) is 24.3 Å². The van der Waals surface area contributed by atoms with E-state index in [2.05, 4.69) is 25.7 Å². The summed E-state index contributed by atoms with van der Waals surface area (Å²) in [6.45, 7) is 10.6. The van der Waals surface area contributed by atoms with Gasteiger partial charge in [0.2, 0.25) is 0 Å². The molecule has 5 heteroatoms. The van der Waals surface area contributed by atoms with Crippen molar-refractivity contribution in [2.45, 2.75) is 40.3 Å². The largest absolute Gasteiger partial charge is 0.465 e. The highest BCUT2D eigenvalue weighted by atomic mass is 16.4. The number of rotatable bonds is 3. The minimum Gasteiger partial charge on any atom is -0.465 e. The number of Topliss-reactive ketones (excluding diaryl/α,β-unsaturated/α-hetero) is 1. The van der Waals surface area contributed by atoms with E-state index in [0.717, 1.165) is 30.8 Å². The molecule has 1 amide bonds. The average Bonchev–Trinajstić information content (AvgIpc) is 2.46. The van der Waals surface area contributed by atoms with E-state index in [1.807, 2.05) is 24.3 Å². The number of benzene rings is 1. The molecule has 126 valence electrons. The average molecular weight is 318 g/mol. The first-order chi connectivity index (χ1) is 10.7. The number of hydrogen-bond donors (Lipinski definition) is 1. The first-order valence-electron chi connectivity index (χ1n) is 8.00. The van der Waals surface area contributed by atoms with Gasteiger partial charge >= 0.3 is 6.09 Å². The van der Waals surface area contributed by atoms with E-state index >= 15 is 0 Å². The minimum absolute atomic E-state index is 0.0229. The van der Waals surface area contributed by atoms with Crippen LogP contribution in [-0.4, -0.2) is 52.5 Å². The van der Waals surface area contributed by atoms with Gasteiger partial charge < -0.3 is 10.0 Å². The molecule has 1 aliphatic rings. The van der Waals surface area contributed by atoms with Crippen LogP contribution in [0.3, 0.4) is 0 Å². The third-order valence-corrected chi connectivity index (χ3v) is 4.48. The summed E-state index contributed by atoms with van der Waals surface area (Å²) in [7, 11) is 0. The number of carboxylic acid groups (broad SMARTS) is 1. The molecule has 2 rings (SSSR count). The molecule has 1 aliphatic heterocycles. The molecule has 5 nitrogen and oxygen atoms in total. The molecule has 1 N–H and O–H groups in total. The van der Waals surface area contributed by atoms with Crippen molar-refractivity contribution in [3.05, 3.63) is 35.4 Å². The van der Waals surface area contributed by atoms with Gasteiger partial charge in [0.1, 0.15) is 0 Å². The maximum atomic E-state index is 11.5. The molecule has 0 radical (unpaired) electrons. The summed E-state index contributed by atoms with van der Waals surface area (Å²) in [5, 5.41) is 9.41. The van der Waals surface area contributed by atoms with Crippen molar-refractivity contribution in [1.29, 1.82) is 0 Å². The maximum Gasteiger partial charge on any atom is 0.407 e. The van der Waals surface area contributed by atoms with Crippen molar-refractivity contribution in [3.8, 4) is 0 Å². The van der Waals surface area contributed by atoms with Gasteiger partial charge in [-0.2, -0.15) is 0 Å². The second-order valence-electron chi connectivity index (χ2n) is 7.35. The molecule has 0 saturated carbocycles. The molecule has 23 heavy (non-hydrogen) atoms. The van der Waals surface area contributed by atoms with Gasteiger partial charge in [-0.3, -0.25) is 9.69 Å². The zero-order valence-corrected chi connectivity index (χ0v) is 14.4. The number of amides is 1. The molecule has 1 aromatic carbocycles. The Balaban J connectivity index is 2.07. The van der Waals surface area contributed by atoms with Crippen LogP contribution in [0.1, 0.15) is 43.6 Å². The Kier molecular flexibility index (Phi) is 5.09. The molecule has 1 fully saturated rings. The Morgan fingerprint density at radius 3 is 2.26 bits per heavy atom. The molecule has 0 spiro atoms. The van der Waals surface area contributed by atoms with Gasteiger partial charge in [0.25, 0.3) is 0 Å². The van der Waals surface area contributed by atoms with Crippen LogP contribution in [0.25, 0.3) is 0 Å². The van der Waals surface area contributed by atoms with Gasteiger partial charge in [0.15, 0.2) is 5.78 Å². The monoisotopic (exact) mass is 318 g/mol. The number of hydrogen-bond acceptors (Lipinski definition) is 3. The van der Waals surface area contributed by atoms with Crippen LogP contribution in [0.5, 0.6) is 0 Å². The lowest BCUT2D eigenvalue weighted by Gasteiger charge is -2.46. The molecule has 1 unspecified atom stereocenters. The van der Waals surface area contributed by atoms with E-state index < -0.39 is 6.09 Å². The van der Waals surface area contributed by atoms with Crippen molar-refractivity contribution >= 4 is 11.9 Å². The van der Waals surface area contributed by atoms with Crippen LogP contribution >= 0.6 is 0 Å². The van der Waals surface area contributed by atoms with E-state index in [4.69, 9.17) is 0 Å². The van der Waals surface area contributed by atoms with Gasteiger partial charge in [0.05, 0.1) is 6.04 Å². The van der Waals surface area contributed by atoms with Crippen molar-refractivity contribution in [1.82, 2.24) is 9.80 Å². The predicted molar refractivity (Wildman–Crippen MR) is 89.7 cm³/mol. The zero-order chi connectivity index (χ0) is 17.2. The van der Waals surface area contributed by atoms with Crippen LogP contribution in [0, 0.1) is 5.41 Å². The number of ketones is 1. The summed E-state index contributed by atoms with van der Waals surface area (Å²) in [6, 6.07) is 7.64. The fourth-order valence-electron chi connectivity index (χ4n) is 3.06. The summed E-state index contributed by atoms with van der Waals surface area (Å²) in [5.41, 5.74) is 1.76. The summed E-state index contributed by atoms with van der Waals surface area (Å²) < 4.78 is 0. The van der Waals surface area contributed by atoms with Gasteiger partial charge in [-0.15, -0.1) is 0 Å². The second-order valence-corrected chi connectivity index (χ2v) is 7.35. The van der Waals surface area contributed by atoms with E-state index in [0.29, 0.717) is 6.54 Å². The highest BCUT2D eigenvalue weighted by Gasteiger charge is 2.37. The fourth-order valence-corrected chi connectivity index (χ4v) is 3.06. The topological polar surface area (TPSA) is 60.9 Å². The number of piperazine rings is 1. The highest BCUT2D eigenvalue weighted by molar-refractivity contribution is 5.93.